The molecule has 0 spiro atoms. The van der Waals surface area contributed by atoms with Gasteiger partial charge in [0, 0.05) is 19.3 Å². The molecular weight excluding hydrogens is 444 g/mol. The quantitative estimate of drug-likeness (QED) is 0.441. The average Bonchev–Trinajstić information content (AvgIpc) is 3.33. The summed E-state index contributed by atoms with van der Waals surface area (Å²) >= 11 is 6.22. The number of hydrogen-bond acceptors (Lipinski definition) is 6. The first-order chi connectivity index (χ1) is 16.0. The summed E-state index contributed by atoms with van der Waals surface area (Å²) in [5.74, 6) is -0.368. The van der Waals surface area contributed by atoms with Crippen LogP contribution in [0.25, 0.3) is 11.7 Å². The maximum absolute atomic E-state index is 13.3. The molecule has 3 heterocycles. The number of hydrogen-bond donors (Lipinski definition) is 1. The molecule has 1 aliphatic heterocycles. The van der Waals surface area contributed by atoms with Crippen LogP contribution in [0.3, 0.4) is 0 Å². The highest BCUT2D eigenvalue weighted by atomic mass is 35.5. The van der Waals surface area contributed by atoms with E-state index in [9.17, 15) is 14.9 Å². The number of carbonyl (C=O) groups is 1. The molecule has 1 atom stereocenters. The second kappa shape index (κ2) is 9.86. The summed E-state index contributed by atoms with van der Waals surface area (Å²) in [5, 5.41) is 12.6. The predicted molar refractivity (Wildman–Crippen MR) is 123 cm³/mol. The summed E-state index contributed by atoms with van der Waals surface area (Å²) in [5.41, 5.74) is 0.378. The second-order valence-corrected chi connectivity index (χ2v) is 7.98. The fourth-order valence-electron chi connectivity index (χ4n) is 3.53. The summed E-state index contributed by atoms with van der Waals surface area (Å²) in [6.07, 6.45) is 4.46. The standard InChI is InChI=1S/C24H21ClN4O4/c1-15-6-4-10-29-21(15)28-23(33-20-9-3-2-8-19(20)25)18(24(29)31)12-16(13-26)22(30)27-14-17-7-5-11-32-17/h2-4,6,8-10,12,17H,5,7,11,14H2,1H3,(H,27,30). The summed E-state index contributed by atoms with van der Waals surface area (Å²) in [7, 11) is 0. The summed E-state index contributed by atoms with van der Waals surface area (Å²) < 4.78 is 12.7. The van der Waals surface area contributed by atoms with Crippen LogP contribution in [0.15, 0.2) is 53.0 Å². The van der Waals surface area contributed by atoms with Crippen LogP contribution in [0.2, 0.25) is 5.02 Å². The van der Waals surface area contributed by atoms with Gasteiger partial charge in [0.15, 0.2) is 0 Å². The Labute approximate surface area is 195 Å². The molecular formula is C24H21ClN4O4. The first kappa shape index (κ1) is 22.5. The van der Waals surface area contributed by atoms with Crippen molar-refractivity contribution in [3.63, 3.8) is 0 Å². The zero-order valence-electron chi connectivity index (χ0n) is 17.9. The maximum atomic E-state index is 13.3. The first-order valence-corrected chi connectivity index (χ1v) is 10.8. The van der Waals surface area contributed by atoms with Crippen LogP contribution in [0.1, 0.15) is 24.0 Å². The number of aromatic nitrogens is 2. The van der Waals surface area contributed by atoms with E-state index < -0.39 is 11.5 Å². The van der Waals surface area contributed by atoms with E-state index in [-0.39, 0.29) is 29.7 Å². The highest BCUT2D eigenvalue weighted by molar-refractivity contribution is 6.32. The Morgan fingerprint density at radius 3 is 2.94 bits per heavy atom. The maximum Gasteiger partial charge on any atom is 0.269 e. The molecule has 3 aromatic rings. The van der Waals surface area contributed by atoms with Gasteiger partial charge in [-0.1, -0.05) is 29.8 Å². The first-order valence-electron chi connectivity index (χ1n) is 10.4. The van der Waals surface area contributed by atoms with Crippen LogP contribution in [0.4, 0.5) is 0 Å². The molecule has 33 heavy (non-hydrogen) atoms. The fourth-order valence-corrected chi connectivity index (χ4v) is 3.70. The molecule has 1 aliphatic rings. The van der Waals surface area contributed by atoms with Gasteiger partial charge in [-0.3, -0.25) is 14.0 Å². The topological polar surface area (TPSA) is 106 Å². The van der Waals surface area contributed by atoms with Crippen molar-refractivity contribution in [1.29, 1.82) is 5.26 Å². The van der Waals surface area contributed by atoms with Crippen molar-refractivity contribution in [3.8, 4) is 17.7 Å². The Hall–Kier alpha value is -3.67. The Morgan fingerprint density at radius 2 is 2.21 bits per heavy atom. The van der Waals surface area contributed by atoms with E-state index in [0.717, 1.165) is 18.4 Å². The van der Waals surface area contributed by atoms with Crippen LogP contribution in [0.5, 0.6) is 11.6 Å². The van der Waals surface area contributed by atoms with E-state index >= 15 is 0 Å². The lowest BCUT2D eigenvalue weighted by atomic mass is 10.1. The number of para-hydroxylation sites is 1. The lowest BCUT2D eigenvalue weighted by Gasteiger charge is -2.13. The number of fused-ring (bicyclic) bond motifs is 1. The van der Waals surface area contributed by atoms with Crippen molar-refractivity contribution < 1.29 is 14.3 Å². The number of pyridine rings is 1. The lowest BCUT2D eigenvalue weighted by Crippen LogP contribution is -2.32. The van der Waals surface area contributed by atoms with Gasteiger partial charge in [-0.25, -0.2) is 0 Å². The normalized spacial score (nSPS) is 15.9. The van der Waals surface area contributed by atoms with Crippen molar-refractivity contribution in [2.75, 3.05) is 13.2 Å². The molecule has 1 amide bonds. The minimum Gasteiger partial charge on any atom is -0.437 e. The molecule has 1 aromatic carbocycles. The van der Waals surface area contributed by atoms with Crippen LogP contribution in [-0.4, -0.2) is 34.5 Å². The zero-order valence-corrected chi connectivity index (χ0v) is 18.6. The Balaban J connectivity index is 1.77. The number of carbonyl (C=O) groups excluding carboxylic acids is 1. The van der Waals surface area contributed by atoms with Crippen molar-refractivity contribution in [2.24, 2.45) is 0 Å². The average molecular weight is 465 g/mol. The largest absolute Gasteiger partial charge is 0.437 e. The second-order valence-electron chi connectivity index (χ2n) is 7.57. The van der Waals surface area contributed by atoms with E-state index in [1.54, 1.807) is 36.5 Å². The number of nitriles is 1. The van der Waals surface area contributed by atoms with Crippen LogP contribution in [0, 0.1) is 18.3 Å². The highest BCUT2D eigenvalue weighted by Gasteiger charge is 2.20. The number of ether oxygens (including phenoxy) is 2. The van der Waals surface area contributed by atoms with Crippen LogP contribution >= 0.6 is 11.6 Å². The fraction of sp³-hybridized carbons (Fsp3) is 0.250. The number of nitrogens with zero attached hydrogens (tertiary/aromatic N) is 3. The molecule has 0 aliphatic carbocycles. The van der Waals surface area contributed by atoms with E-state index in [0.29, 0.717) is 23.0 Å². The number of rotatable bonds is 6. The predicted octanol–water partition coefficient (Wildman–Crippen LogP) is 3.65. The summed E-state index contributed by atoms with van der Waals surface area (Å²) in [6.45, 7) is 2.76. The molecule has 2 aromatic heterocycles. The molecule has 0 bridgehead atoms. The van der Waals surface area contributed by atoms with Crippen LogP contribution in [-0.2, 0) is 9.53 Å². The molecule has 8 nitrogen and oxygen atoms in total. The number of benzene rings is 1. The Morgan fingerprint density at radius 1 is 1.39 bits per heavy atom. The molecule has 1 N–H and O–H groups in total. The molecule has 1 unspecified atom stereocenters. The molecule has 9 heteroatoms. The minimum atomic E-state index is -0.606. The van der Waals surface area contributed by atoms with Crippen LogP contribution < -0.4 is 15.6 Å². The molecule has 0 radical (unpaired) electrons. The Kier molecular flexibility index (Phi) is 6.73. The minimum absolute atomic E-state index is 0.0400. The van der Waals surface area contributed by atoms with Gasteiger partial charge in [0.2, 0.25) is 5.88 Å². The molecule has 0 saturated carbocycles. The third-order valence-electron chi connectivity index (χ3n) is 5.26. The van der Waals surface area contributed by atoms with Gasteiger partial charge in [-0.2, -0.15) is 10.2 Å². The van der Waals surface area contributed by atoms with Crippen molar-refractivity contribution in [1.82, 2.24) is 14.7 Å². The lowest BCUT2D eigenvalue weighted by molar-refractivity contribution is -0.117. The zero-order chi connectivity index (χ0) is 23.4. The summed E-state index contributed by atoms with van der Waals surface area (Å²) in [6, 6.07) is 12.2. The molecule has 1 saturated heterocycles. The van der Waals surface area contributed by atoms with E-state index in [4.69, 9.17) is 21.1 Å². The van der Waals surface area contributed by atoms with Crippen molar-refractivity contribution >= 4 is 29.2 Å². The molecule has 4 rings (SSSR count). The van der Waals surface area contributed by atoms with E-state index in [2.05, 4.69) is 10.3 Å². The van der Waals surface area contributed by atoms with Crippen molar-refractivity contribution in [3.05, 3.63) is 74.7 Å². The van der Waals surface area contributed by atoms with Gasteiger partial charge in [-0.15, -0.1) is 0 Å². The van der Waals surface area contributed by atoms with Gasteiger partial charge < -0.3 is 14.8 Å². The van der Waals surface area contributed by atoms with Gasteiger partial charge in [-0.05, 0) is 49.6 Å². The monoisotopic (exact) mass is 464 g/mol. The number of aryl methyl sites for hydroxylation is 1. The molecule has 168 valence electrons. The third-order valence-corrected chi connectivity index (χ3v) is 5.57. The van der Waals surface area contributed by atoms with E-state index in [1.807, 2.05) is 19.1 Å². The van der Waals surface area contributed by atoms with Gasteiger partial charge in [0.25, 0.3) is 11.5 Å². The number of halogens is 1. The van der Waals surface area contributed by atoms with Gasteiger partial charge in [0.05, 0.1) is 11.1 Å². The summed E-state index contributed by atoms with van der Waals surface area (Å²) in [4.78, 5) is 30.5. The number of nitrogens with one attached hydrogen (secondary N) is 1. The van der Waals surface area contributed by atoms with E-state index in [1.165, 1.54) is 10.5 Å². The highest BCUT2D eigenvalue weighted by Crippen LogP contribution is 2.30. The SMILES string of the molecule is Cc1cccn2c(=O)c(C=C(C#N)C(=O)NCC3CCCO3)c(Oc3ccccc3Cl)nc12. The van der Waals surface area contributed by atoms with Crippen molar-refractivity contribution in [2.45, 2.75) is 25.9 Å². The molecule has 1 fully saturated rings. The third kappa shape index (κ3) is 4.90. The Bertz CT molecular complexity index is 1340. The van der Waals surface area contributed by atoms with Gasteiger partial charge >= 0.3 is 0 Å². The van der Waals surface area contributed by atoms with Gasteiger partial charge in [0.1, 0.15) is 28.6 Å². The smallest absolute Gasteiger partial charge is 0.269 e. The number of amides is 1.